The molecule has 3 rings (SSSR count). The summed E-state index contributed by atoms with van der Waals surface area (Å²) < 4.78 is 12.4. The molecule has 128 valence electrons. The van der Waals surface area contributed by atoms with Gasteiger partial charge in [0.15, 0.2) is 0 Å². The van der Waals surface area contributed by atoms with Crippen molar-refractivity contribution in [3.8, 4) is 5.75 Å². The Bertz CT molecular complexity index is 660. The van der Waals surface area contributed by atoms with E-state index in [4.69, 9.17) is 9.47 Å². The van der Waals surface area contributed by atoms with Crippen LogP contribution in [0.3, 0.4) is 0 Å². The summed E-state index contributed by atoms with van der Waals surface area (Å²) in [5.41, 5.74) is 1.87. The van der Waals surface area contributed by atoms with E-state index >= 15 is 0 Å². The summed E-state index contributed by atoms with van der Waals surface area (Å²) in [6, 6.07) is 8.14. The molecule has 6 heteroatoms. The third-order valence-corrected chi connectivity index (χ3v) is 4.25. The summed E-state index contributed by atoms with van der Waals surface area (Å²) >= 11 is 0. The summed E-state index contributed by atoms with van der Waals surface area (Å²) in [4.78, 5) is 12.1. The molecule has 1 aliphatic heterocycles. The standard InChI is InChI=1S/C18H23N3O3/c1-23-17-5-2-14(3-6-17)4-7-18(22)20-15-12-19-21(13-15)16-8-10-24-11-9-16/h2-3,5-6,12-13,16H,4,7-11H2,1H3,(H,20,22). The number of methoxy groups -OCH3 is 1. The maximum absolute atomic E-state index is 12.1. The number of nitrogens with zero attached hydrogens (tertiary/aromatic N) is 2. The Balaban J connectivity index is 1.48. The highest BCUT2D eigenvalue weighted by atomic mass is 16.5. The highest BCUT2D eigenvalue weighted by Crippen LogP contribution is 2.21. The first-order valence-corrected chi connectivity index (χ1v) is 8.29. The van der Waals surface area contributed by atoms with E-state index in [2.05, 4.69) is 10.4 Å². The Kier molecular flexibility index (Phi) is 5.48. The molecular weight excluding hydrogens is 306 g/mol. The van der Waals surface area contributed by atoms with Crippen LogP contribution in [0.5, 0.6) is 5.75 Å². The average molecular weight is 329 g/mol. The second-order valence-corrected chi connectivity index (χ2v) is 5.95. The molecule has 1 N–H and O–H groups in total. The van der Waals surface area contributed by atoms with Gasteiger partial charge in [-0.1, -0.05) is 12.1 Å². The zero-order valence-corrected chi connectivity index (χ0v) is 13.9. The van der Waals surface area contributed by atoms with Crippen molar-refractivity contribution in [2.45, 2.75) is 31.7 Å². The van der Waals surface area contributed by atoms with E-state index in [0.717, 1.165) is 43.1 Å². The number of amides is 1. The summed E-state index contributed by atoms with van der Waals surface area (Å²) in [5, 5.41) is 7.28. The molecule has 0 aliphatic carbocycles. The summed E-state index contributed by atoms with van der Waals surface area (Å²) in [5.74, 6) is 0.820. The normalized spacial score (nSPS) is 15.2. The molecule has 24 heavy (non-hydrogen) atoms. The number of carbonyl (C=O) groups excluding carboxylic acids is 1. The lowest BCUT2D eigenvalue weighted by Gasteiger charge is -2.22. The maximum atomic E-state index is 12.1. The topological polar surface area (TPSA) is 65.4 Å². The van der Waals surface area contributed by atoms with Crippen LogP contribution in [0, 0.1) is 0 Å². The van der Waals surface area contributed by atoms with Gasteiger partial charge in [-0.25, -0.2) is 0 Å². The van der Waals surface area contributed by atoms with Gasteiger partial charge in [0.25, 0.3) is 0 Å². The number of nitrogens with one attached hydrogen (secondary N) is 1. The van der Waals surface area contributed by atoms with Gasteiger partial charge in [-0.05, 0) is 37.0 Å². The molecule has 0 radical (unpaired) electrons. The molecule has 6 nitrogen and oxygen atoms in total. The monoisotopic (exact) mass is 329 g/mol. The predicted molar refractivity (Wildman–Crippen MR) is 91.3 cm³/mol. The van der Waals surface area contributed by atoms with Gasteiger partial charge in [0.1, 0.15) is 5.75 Å². The fourth-order valence-corrected chi connectivity index (χ4v) is 2.83. The lowest BCUT2D eigenvalue weighted by Crippen LogP contribution is -2.19. The molecule has 1 aromatic carbocycles. The van der Waals surface area contributed by atoms with Gasteiger partial charge in [-0.2, -0.15) is 5.10 Å². The molecule has 1 fully saturated rings. The van der Waals surface area contributed by atoms with Crippen LogP contribution in [0.4, 0.5) is 5.69 Å². The first-order chi connectivity index (χ1) is 11.7. The summed E-state index contributed by atoms with van der Waals surface area (Å²) in [6.45, 7) is 1.54. The number of anilines is 1. The van der Waals surface area contributed by atoms with Crippen LogP contribution in [-0.4, -0.2) is 36.0 Å². The fourth-order valence-electron chi connectivity index (χ4n) is 2.83. The number of ether oxygens (including phenoxy) is 2. The highest BCUT2D eigenvalue weighted by Gasteiger charge is 2.16. The number of rotatable bonds is 6. The molecular formula is C18H23N3O3. The van der Waals surface area contributed by atoms with Crippen molar-refractivity contribution in [3.63, 3.8) is 0 Å². The molecule has 0 unspecified atom stereocenters. The molecule has 0 saturated carbocycles. The van der Waals surface area contributed by atoms with E-state index in [-0.39, 0.29) is 5.91 Å². The smallest absolute Gasteiger partial charge is 0.224 e. The number of hydrogen-bond acceptors (Lipinski definition) is 4. The van der Waals surface area contributed by atoms with Gasteiger partial charge >= 0.3 is 0 Å². The third-order valence-electron chi connectivity index (χ3n) is 4.25. The molecule has 1 aromatic heterocycles. The van der Waals surface area contributed by atoms with Gasteiger partial charge in [0, 0.05) is 25.8 Å². The van der Waals surface area contributed by atoms with E-state index in [0.29, 0.717) is 18.9 Å². The van der Waals surface area contributed by atoms with E-state index in [1.54, 1.807) is 13.3 Å². The molecule has 1 saturated heterocycles. The van der Waals surface area contributed by atoms with Gasteiger partial charge in [0.2, 0.25) is 5.91 Å². The van der Waals surface area contributed by atoms with E-state index < -0.39 is 0 Å². The summed E-state index contributed by atoms with van der Waals surface area (Å²) in [7, 11) is 1.64. The van der Waals surface area contributed by atoms with Gasteiger partial charge < -0.3 is 14.8 Å². The quantitative estimate of drug-likeness (QED) is 0.885. The number of aromatic nitrogens is 2. The van der Waals surface area contributed by atoms with Gasteiger partial charge in [-0.3, -0.25) is 9.48 Å². The number of carbonyl (C=O) groups is 1. The molecule has 1 aliphatic rings. The number of hydrogen-bond donors (Lipinski definition) is 1. The van der Waals surface area contributed by atoms with Crippen LogP contribution >= 0.6 is 0 Å². The van der Waals surface area contributed by atoms with E-state index in [1.165, 1.54) is 0 Å². The molecule has 0 spiro atoms. The van der Waals surface area contributed by atoms with E-state index in [9.17, 15) is 4.79 Å². The Labute approximate surface area is 141 Å². The Morgan fingerprint density at radius 1 is 1.33 bits per heavy atom. The van der Waals surface area contributed by atoms with Crippen LogP contribution in [-0.2, 0) is 16.0 Å². The Hall–Kier alpha value is -2.34. The van der Waals surface area contributed by atoms with Gasteiger partial charge in [-0.15, -0.1) is 0 Å². The molecule has 0 bridgehead atoms. The van der Waals surface area contributed by atoms with Crippen LogP contribution in [0.15, 0.2) is 36.7 Å². The predicted octanol–water partition coefficient (Wildman–Crippen LogP) is 2.81. The van der Waals surface area contributed by atoms with E-state index in [1.807, 2.05) is 35.1 Å². The number of benzene rings is 1. The maximum Gasteiger partial charge on any atom is 0.224 e. The highest BCUT2D eigenvalue weighted by molar-refractivity contribution is 5.90. The minimum absolute atomic E-state index is 0.00246. The second-order valence-electron chi connectivity index (χ2n) is 5.95. The summed E-state index contributed by atoms with van der Waals surface area (Å²) in [6.07, 6.45) is 6.68. The first kappa shape index (κ1) is 16.5. The largest absolute Gasteiger partial charge is 0.497 e. The molecule has 2 aromatic rings. The Morgan fingerprint density at radius 3 is 2.79 bits per heavy atom. The number of aryl methyl sites for hydroxylation is 1. The third kappa shape index (κ3) is 4.35. The fraction of sp³-hybridized carbons (Fsp3) is 0.444. The van der Waals surface area contributed by atoms with Crippen molar-refractivity contribution < 1.29 is 14.3 Å². The molecule has 1 amide bonds. The molecule has 2 heterocycles. The van der Waals surface area contributed by atoms with Crippen LogP contribution in [0.25, 0.3) is 0 Å². The van der Waals surface area contributed by atoms with Gasteiger partial charge in [0.05, 0.1) is 25.0 Å². The SMILES string of the molecule is COc1ccc(CCC(=O)Nc2cnn(C3CCOCC3)c2)cc1. The van der Waals surface area contributed by atoms with Crippen LogP contribution in [0.2, 0.25) is 0 Å². The Morgan fingerprint density at radius 2 is 2.08 bits per heavy atom. The molecule has 0 atom stereocenters. The minimum Gasteiger partial charge on any atom is -0.497 e. The van der Waals surface area contributed by atoms with Crippen molar-refractivity contribution in [2.24, 2.45) is 0 Å². The zero-order chi connectivity index (χ0) is 16.8. The van der Waals surface area contributed by atoms with Crippen LogP contribution < -0.4 is 10.1 Å². The average Bonchev–Trinajstić information content (AvgIpc) is 3.09. The van der Waals surface area contributed by atoms with Crippen molar-refractivity contribution >= 4 is 11.6 Å². The first-order valence-electron chi connectivity index (χ1n) is 8.29. The second kappa shape index (κ2) is 7.97. The minimum atomic E-state index is -0.00246. The van der Waals surface area contributed by atoms with Crippen molar-refractivity contribution in [3.05, 3.63) is 42.2 Å². The van der Waals surface area contributed by atoms with Crippen LogP contribution in [0.1, 0.15) is 30.9 Å². The zero-order valence-electron chi connectivity index (χ0n) is 13.9. The lowest BCUT2D eigenvalue weighted by molar-refractivity contribution is -0.116. The van der Waals surface area contributed by atoms with Crippen molar-refractivity contribution in [1.29, 1.82) is 0 Å². The van der Waals surface area contributed by atoms with Crippen molar-refractivity contribution in [2.75, 3.05) is 25.6 Å². The van der Waals surface area contributed by atoms with Crippen molar-refractivity contribution in [1.82, 2.24) is 9.78 Å². The lowest BCUT2D eigenvalue weighted by atomic mass is 10.1.